The lowest BCUT2D eigenvalue weighted by Crippen LogP contribution is -2.21. The molecule has 0 radical (unpaired) electrons. The van der Waals surface area contributed by atoms with Crippen LogP contribution in [0.15, 0.2) is 53.5 Å². The minimum atomic E-state index is -1.15. The number of hydrogen-bond donors (Lipinski definition) is 2. The third-order valence-corrected chi connectivity index (χ3v) is 3.52. The summed E-state index contributed by atoms with van der Waals surface area (Å²) in [6.45, 7) is -0.443. The van der Waals surface area contributed by atoms with Crippen molar-refractivity contribution in [2.24, 2.45) is 4.99 Å². The molecule has 0 aliphatic rings. The number of benzene rings is 2. The van der Waals surface area contributed by atoms with Crippen LogP contribution in [0, 0.1) is 20.2 Å². The number of non-ortho nitro benzene ring substituents is 2. The first-order valence-corrected chi connectivity index (χ1v) is 7.23. The number of nitrogens with zero attached hydrogens (tertiary/aromatic N) is 3. The molecule has 0 saturated heterocycles. The van der Waals surface area contributed by atoms with Crippen molar-refractivity contribution in [2.75, 3.05) is 6.61 Å². The minimum absolute atomic E-state index is 0.0539. The number of rotatable bonds is 7. The molecule has 0 amide bonds. The molecule has 0 heterocycles. The fourth-order valence-electron chi connectivity index (χ4n) is 2.11. The summed E-state index contributed by atoms with van der Waals surface area (Å²) in [7, 11) is 0. The molecule has 25 heavy (non-hydrogen) atoms. The molecule has 0 fully saturated rings. The monoisotopic (exact) mass is 345 g/mol. The highest BCUT2D eigenvalue weighted by Gasteiger charge is 2.20. The molecule has 0 aromatic heterocycles. The van der Waals surface area contributed by atoms with Crippen molar-refractivity contribution in [1.29, 1.82) is 0 Å². The van der Waals surface area contributed by atoms with Crippen molar-refractivity contribution in [3.8, 4) is 0 Å². The van der Waals surface area contributed by atoms with Crippen LogP contribution >= 0.6 is 0 Å². The molecular formula is C16H15N3O6. The van der Waals surface area contributed by atoms with Gasteiger partial charge in [0.1, 0.15) is 12.1 Å². The number of aliphatic hydroxyl groups is 2. The number of hydrogen-bond acceptors (Lipinski definition) is 7. The largest absolute Gasteiger partial charge is 0.394 e. The van der Waals surface area contributed by atoms with Crippen molar-refractivity contribution in [2.45, 2.75) is 12.1 Å². The number of aliphatic imine (C=N–C) groups is 1. The molecule has 2 aromatic carbocycles. The van der Waals surface area contributed by atoms with E-state index >= 15 is 0 Å². The molecule has 2 rings (SSSR count). The molecule has 0 bridgehead atoms. The Bertz CT molecular complexity index is 773. The highest BCUT2D eigenvalue weighted by Crippen LogP contribution is 2.22. The highest BCUT2D eigenvalue weighted by molar-refractivity contribution is 5.80. The van der Waals surface area contributed by atoms with Gasteiger partial charge in [0.2, 0.25) is 0 Å². The van der Waals surface area contributed by atoms with E-state index < -0.39 is 28.6 Å². The van der Waals surface area contributed by atoms with E-state index in [1.54, 1.807) is 0 Å². The third kappa shape index (κ3) is 4.66. The second kappa shape index (κ2) is 8.08. The van der Waals surface area contributed by atoms with Gasteiger partial charge in [-0.3, -0.25) is 25.2 Å². The van der Waals surface area contributed by atoms with E-state index in [2.05, 4.69) is 4.99 Å². The second-order valence-electron chi connectivity index (χ2n) is 5.17. The van der Waals surface area contributed by atoms with Crippen LogP contribution in [-0.2, 0) is 0 Å². The number of aliphatic hydroxyl groups excluding tert-OH is 2. The standard InChI is InChI=1S/C16H15N3O6/c20-10-15(16(21)12-3-7-14(8-4-12)19(24)25)17-9-11-1-5-13(6-2-11)18(22)23/h1-9,15-16,20-21H,10H2/t15-,16+/m1/s1. The van der Waals surface area contributed by atoms with Gasteiger partial charge in [-0.1, -0.05) is 0 Å². The molecule has 0 spiro atoms. The minimum Gasteiger partial charge on any atom is -0.394 e. The highest BCUT2D eigenvalue weighted by atomic mass is 16.6. The first-order valence-electron chi connectivity index (χ1n) is 7.23. The zero-order valence-electron chi connectivity index (χ0n) is 12.9. The van der Waals surface area contributed by atoms with Crippen molar-refractivity contribution in [3.63, 3.8) is 0 Å². The van der Waals surface area contributed by atoms with Gasteiger partial charge in [-0.15, -0.1) is 0 Å². The van der Waals surface area contributed by atoms with Crippen LogP contribution in [0.2, 0.25) is 0 Å². The summed E-state index contributed by atoms with van der Waals surface area (Å²) < 4.78 is 0. The lowest BCUT2D eigenvalue weighted by atomic mass is 10.0. The summed E-state index contributed by atoms with van der Waals surface area (Å²) in [5.41, 5.74) is 0.790. The molecule has 2 aromatic rings. The van der Waals surface area contributed by atoms with Crippen LogP contribution < -0.4 is 0 Å². The molecule has 2 atom stereocenters. The topological polar surface area (TPSA) is 139 Å². The zero-order valence-corrected chi connectivity index (χ0v) is 12.9. The Hall–Kier alpha value is -3.17. The molecule has 0 unspecified atom stereocenters. The van der Waals surface area contributed by atoms with Crippen LogP contribution in [-0.4, -0.2) is 38.9 Å². The Morgan fingerprint density at radius 1 is 0.960 bits per heavy atom. The van der Waals surface area contributed by atoms with E-state index in [0.29, 0.717) is 11.1 Å². The molecule has 9 heteroatoms. The maximum absolute atomic E-state index is 10.6. The summed E-state index contributed by atoms with van der Waals surface area (Å²) in [6.07, 6.45) is 0.235. The van der Waals surface area contributed by atoms with Gasteiger partial charge in [-0.05, 0) is 35.4 Å². The normalized spacial score (nSPS) is 13.5. The van der Waals surface area contributed by atoms with Gasteiger partial charge in [0.15, 0.2) is 0 Å². The maximum atomic E-state index is 10.6. The van der Waals surface area contributed by atoms with Crippen LogP contribution in [0.3, 0.4) is 0 Å². The Balaban J connectivity index is 2.12. The van der Waals surface area contributed by atoms with Gasteiger partial charge in [-0.2, -0.15) is 0 Å². The van der Waals surface area contributed by atoms with Crippen LogP contribution in [0.4, 0.5) is 11.4 Å². The van der Waals surface area contributed by atoms with Gasteiger partial charge in [-0.25, -0.2) is 0 Å². The quantitative estimate of drug-likeness (QED) is 0.447. The SMILES string of the molecule is O=[N+]([O-])c1ccc(C=N[C@H](CO)[C@@H](O)c2ccc([N+](=O)[O-])cc2)cc1. The van der Waals surface area contributed by atoms with E-state index in [1.165, 1.54) is 54.7 Å². The summed E-state index contributed by atoms with van der Waals surface area (Å²) in [6, 6.07) is 10.1. The zero-order chi connectivity index (χ0) is 18.4. The van der Waals surface area contributed by atoms with Crippen molar-refractivity contribution >= 4 is 17.6 Å². The fourth-order valence-corrected chi connectivity index (χ4v) is 2.11. The Morgan fingerprint density at radius 3 is 1.88 bits per heavy atom. The molecule has 0 saturated carbocycles. The van der Waals surface area contributed by atoms with Gasteiger partial charge in [0.25, 0.3) is 11.4 Å². The predicted octanol–water partition coefficient (Wildman–Crippen LogP) is 2.02. The summed E-state index contributed by atoms with van der Waals surface area (Å²) in [5.74, 6) is 0. The second-order valence-corrected chi connectivity index (χ2v) is 5.17. The van der Waals surface area contributed by atoms with Crippen molar-refractivity contribution in [1.82, 2.24) is 0 Å². The molecule has 130 valence electrons. The first-order chi connectivity index (χ1) is 11.9. The smallest absolute Gasteiger partial charge is 0.269 e. The van der Waals surface area contributed by atoms with Gasteiger partial charge in [0.05, 0.1) is 16.5 Å². The van der Waals surface area contributed by atoms with Crippen molar-refractivity contribution < 1.29 is 20.1 Å². The number of nitro benzene ring substituents is 2. The van der Waals surface area contributed by atoms with Crippen LogP contribution in [0.1, 0.15) is 17.2 Å². The molecule has 9 nitrogen and oxygen atoms in total. The average Bonchev–Trinajstić information content (AvgIpc) is 2.62. The average molecular weight is 345 g/mol. The summed E-state index contributed by atoms with van der Waals surface area (Å²) in [4.78, 5) is 24.3. The van der Waals surface area contributed by atoms with Gasteiger partial charge >= 0.3 is 0 Å². The van der Waals surface area contributed by atoms with E-state index in [-0.39, 0.29) is 11.4 Å². The fraction of sp³-hybridized carbons (Fsp3) is 0.188. The molecule has 0 aliphatic heterocycles. The molecule has 0 aliphatic carbocycles. The first kappa shape index (κ1) is 18.2. The molecular weight excluding hydrogens is 330 g/mol. The van der Waals surface area contributed by atoms with E-state index in [9.17, 15) is 30.4 Å². The predicted molar refractivity (Wildman–Crippen MR) is 89.6 cm³/mol. The van der Waals surface area contributed by atoms with Gasteiger partial charge in [0, 0.05) is 30.5 Å². The Morgan fingerprint density at radius 2 is 1.44 bits per heavy atom. The summed E-state index contributed by atoms with van der Waals surface area (Å²) >= 11 is 0. The van der Waals surface area contributed by atoms with Gasteiger partial charge < -0.3 is 10.2 Å². The van der Waals surface area contributed by atoms with E-state index in [0.717, 1.165) is 0 Å². The lowest BCUT2D eigenvalue weighted by Gasteiger charge is -2.17. The third-order valence-electron chi connectivity index (χ3n) is 3.52. The maximum Gasteiger partial charge on any atom is 0.269 e. The Labute approximate surface area is 142 Å². The van der Waals surface area contributed by atoms with Crippen LogP contribution in [0.5, 0.6) is 0 Å². The molecule has 2 N–H and O–H groups in total. The lowest BCUT2D eigenvalue weighted by molar-refractivity contribution is -0.385. The number of nitro groups is 2. The van der Waals surface area contributed by atoms with E-state index in [4.69, 9.17) is 0 Å². The van der Waals surface area contributed by atoms with E-state index in [1.807, 2.05) is 0 Å². The summed E-state index contributed by atoms with van der Waals surface area (Å²) in [5, 5.41) is 40.9. The van der Waals surface area contributed by atoms with Crippen LogP contribution in [0.25, 0.3) is 0 Å². The van der Waals surface area contributed by atoms with Crippen molar-refractivity contribution in [3.05, 3.63) is 79.9 Å². The Kier molecular flexibility index (Phi) is 5.88.